The molecule has 21 heavy (non-hydrogen) atoms. The summed E-state index contributed by atoms with van der Waals surface area (Å²) in [6.45, 7) is 1.24. The fraction of sp³-hybridized carbons (Fsp3) is 0.600. The summed E-state index contributed by atoms with van der Waals surface area (Å²) in [4.78, 5) is 0.213. The van der Waals surface area contributed by atoms with E-state index >= 15 is 0 Å². The van der Waals surface area contributed by atoms with Gasteiger partial charge in [-0.2, -0.15) is 4.31 Å². The number of nitrogens with zero attached hydrogens (tertiary/aromatic N) is 1. The van der Waals surface area contributed by atoms with Crippen molar-refractivity contribution in [3.63, 3.8) is 0 Å². The third-order valence-electron chi connectivity index (χ3n) is 3.88. The zero-order valence-electron chi connectivity index (χ0n) is 12.3. The van der Waals surface area contributed by atoms with E-state index in [-0.39, 0.29) is 10.9 Å². The summed E-state index contributed by atoms with van der Waals surface area (Å²) >= 11 is 6.08. The molecule has 1 saturated heterocycles. The maximum absolute atomic E-state index is 12.9. The average Bonchev–Trinajstić information content (AvgIpc) is 2.48. The molecule has 0 aromatic heterocycles. The van der Waals surface area contributed by atoms with Crippen LogP contribution < -0.4 is 0 Å². The first-order valence-electron chi connectivity index (χ1n) is 7.32. The Morgan fingerprint density at radius 3 is 2.81 bits per heavy atom. The van der Waals surface area contributed by atoms with E-state index in [4.69, 9.17) is 16.3 Å². The van der Waals surface area contributed by atoms with Gasteiger partial charge in [-0.3, -0.25) is 0 Å². The van der Waals surface area contributed by atoms with Gasteiger partial charge in [0.05, 0.1) is 5.02 Å². The molecule has 118 valence electrons. The number of piperidine rings is 1. The van der Waals surface area contributed by atoms with Crippen LogP contribution in [0.15, 0.2) is 29.2 Å². The van der Waals surface area contributed by atoms with Gasteiger partial charge >= 0.3 is 0 Å². The minimum absolute atomic E-state index is 0.0511. The second-order valence-electron chi connectivity index (χ2n) is 5.33. The number of hydrogen-bond acceptors (Lipinski definition) is 3. The number of rotatable bonds is 6. The first-order valence-corrected chi connectivity index (χ1v) is 9.14. The molecule has 1 heterocycles. The van der Waals surface area contributed by atoms with Gasteiger partial charge < -0.3 is 4.74 Å². The number of halogens is 1. The van der Waals surface area contributed by atoms with Crippen LogP contribution in [0.25, 0.3) is 0 Å². The zero-order chi connectivity index (χ0) is 15.3. The number of methoxy groups -OCH3 is 1. The molecular weight excluding hydrogens is 310 g/mol. The summed E-state index contributed by atoms with van der Waals surface area (Å²) in [5, 5.41) is 0.290. The Morgan fingerprint density at radius 2 is 2.10 bits per heavy atom. The van der Waals surface area contributed by atoms with Gasteiger partial charge in [0.1, 0.15) is 4.90 Å². The Balaban J connectivity index is 2.21. The van der Waals surface area contributed by atoms with Crippen molar-refractivity contribution in [2.24, 2.45) is 0 Å². The van der Waals surface area contributed by atoms with E-state index in [2.05, 4.69) is 0 Å². The fourth-order valence-electron chi connectivity index (χ4n) is 2.82. The second kappa shape index (κ2) is 7.58. The fourth-order valence-corrected chi connectivity index (χ4v) is 5.04. The normalized spacial score (nSPS) is 20.6. The zero-order valence-corrected chi connectivity index (χ0v) is 13.9. The molecule has 0 amide bonds. The van der Waals surface area contributed by atoms with Gasteiger partial charge in [-0.1, -0.05) is 30.2 Å². The maximum Gasteiger partial charge on any atom is 0.244 e. The van der Waals surface area contributed by atoms with Crippen LogP contribution in [0.3, 0.4) is 0 Å². The van der Waals surface area contributed by atoms with Gasteiger partial charge in [-0.25, -0.2) is 8.42 Å². The van der Waals surface area contributed by atoms with Crippen molar-refractivity contribution in [1.82, 2.24) is 4.31 Å². The number of ether oxygens (including phenoxy) is 1. The molecular formula is C15H22ClNO3S. The van der Waals surface area contributed by atoms with E-state index in [1.807, 2.05) is 0 Å². The lowest BCUT2D eigenvalue weighted by atomic mass is 10.0. The molecule has 6 heteroatoms. The van der Waals surface area contributed by atoms with E-state index in [1.54, 1.807) is 35.7 Å². The summed E-state index contributed by atoms with van der Waals surface area (Å²) < 4.78 is 32.4. The van der Waals surface area contributed by atoms with Crippen LogP contribution in [-0.4, -0.2) is 39.0 Å². The van der Waals surface area contributed by atoms with Gasteiger partial charge in [0.25, 0.3) is 0 Å². The molecule has 1 fully saturated rings. The van der Waals surface area contributed by atoms with Crippen molar-refractivity contribution in [3.05, 3.63) is 29.3 Å². The summed E-state index contributed by atoms with van der Waals surface area (Å²) in [5.41, 5.74) is 0. The first-order chi connectivity index (χ1) is 10.1. The van der Waals surface area contributed by atoms with Gasteiger partial charge in [-0.05, 0) is 37.8 Å². The molecule has 1 unspecified atom stereocenters. The molecule has 0 spiro atoms. The van der Waals surface area contributed by atoms with E-state index in [1.165, 1.54) is 0 Å². The van der Waals surface area contributed by atoms with Gasteiger partial charge in [-0.15, -0.1) is 0 Å². The van der Waals surface area contributed by atoms with Crippen LogP contribution in [-0.2, 0) is 14.8 Å². The van der Waals surface area contributed by atoms with Crippen molar-refractivity contribution in [2.75, 3.05) is 20.3 Å². The summed E-state index contributed by atoms with van der Waals surface area (Å²) in [6, 6.07) is 6.71. The van der Waals surface area contributed by atoms with Crippen LogP contribution in [0, 0.1) is 0 Å². The van der Waals surface area contributed by atoms with Gasteiger partial charge in [0.2, 0.25) is 10.0 Å². The Hall–Kier alpha value is -0.620. The topological polar surface area (TPSA) is 46.6 Å². The molecule has 1 aliphatic rings. The van der Waals surface area contributed by atoms with E-state index < -0.39 is 10.0 Å². The summed E-state index contributed by atoms with van der Waals surface area (Å²) in [5.74, 6) is 0. The third-order valence-corrected chi connectivity index (χ3v) is 6.33. The highest BCUT2D eigenvalue weighted by Crippen LogP contribution is 2.30. The van der Waals surface area contributed by atoms with E-state index in [0.29, 0.717) is 18.2 Å². The Morgan fingerprint density at radius 1 is 1.33 bits per heavy atom. The molecule has 1 aliphatic heterocycles. The molecule has 4 nitrogen and oxygen atoms in total. The minimum Gasteiger partial charge on any atom is -0.385 e. The van der Waals surface area contributed by atoms with Crippen LogP contribution in [0.2, 0.25) is 5.02 Å². The van der Waals surface area contributed by atoms with Crippen LogP contribution in [0.4, 0.5) is 0 Å². The predicted octanol–water partition coefficient (Wildman–Crippen LogP) is 3.31. The summed E-state index contributed by atoms with van der Waals surface area (Å²) in [6.07, 6.45) is 4.59. The predicted molar refractivity (Wildman–Crippen MR) is 84.1 cm³/mol. The van der Waals surface area contributed by atoms with Gasteiger partial charge in [0, 0.05) is 26.3 Å². The molecule has 1 aromatic rings. The van der Waals surface area contributed by atoms with Crippen molar-refractivity contribution in [3.8, 4) is 0 Å². The Kier molecular flexibility index (Phi) is 6.05. The number of benzene rings is 1. The lowest BCUT2D eigenvalue weighted by Gasteiger charge is -2.35. The van der Waals surface area contributed by atoms with Crippen molar-refractivity contribution >= 4 is 21.6 Å². The molecule has 0 aliphatic carbocycles. The Bertz CT molecular complexity index is 562. The molecule has 2 rings (SSSR count). The van der Waals surface area contributed by atoms with Crippen LogP contribution in [0.1, 0.15) is 32.1 Å². The van der Waals surface area contributed by atoms with Crippen LogP contribution >= 0.6 is 11.6 Å². The van der Waals surface area contributed by atoms with Crippen molar-refractivity contribution in [1.29, 1.82) is 0 Å². The van der Waals surface area contributed by atoms with Crippen LogP contribution in [0.5, 0.6) is 0 Å². The molecule has 1 atom stereocenters. The molecule has 0 radical (unpaired) electrons. The smallest absolute Gasteiger partial charge is 0.244 e. The Labute approximate surface area is 132 Å². The molecule has 1 aromatic carbocycles. The molecule has 0 N–H and O–H groups in total. The minimum atomic E-state index is -3.52. The first kappa shape index (κ1) is 16.7. The second-order valence-corrected chi connectivity index (χ2v) is 7.60. The monoisotopic (exact) mass is 331 g/mol. The highest BCUT2D eigenvalue weighted by Gasteiger charge is 2.34. The number of hydrogen-bond donors (Lipinski definition) is 0. The lowest BCUT2D eigenvalue weighted by Crippen LogP contribution is -2.43. The van der Waals surface area contributed by atoms with E-state index in [0.717, 1.165) is 32.1 Å². The van der Waals surface area contributed by atoms with Crippen molar-refractivity contribution in [2.45, 2.75) is 43.0 Å². The summed E-state index contributed by atoms with van der Waals surface area (Å²) in [7, 11) is -1.85. The highest BCUT2D eigenvalue weighted by molar-refractivity contribution is 7.89. The largest absolute Gasteiger partial charge is 0.385 e. The van der Waals surface area contributed by atoms with E-state index in [9.17, 15) is 8.42 Å². The average molecular weight is 332 g/mol. The highest BCUT2D eigenvalue weighted by atomic mass is 35.5. The maximum atomic E-state index is 12.9. The standard InChI is InChI=1S/C15H22ClNO3S/c1-20-12-6-8-13-7-4-5-11-17(13)21(18,19)15-10-3-2-9-14(15)16/h2-3,9-10,13H,4-8,11-12H2,1H3. The quantitative estimate of drug-likeness (QED) is 0.751. The molecule has 0 saturated carbocycles. The SMILES string of the molecule is COCCCC1CCCCN1S(=O)(=O)c1ccccc1Cl. The van der Waals surface area contributed by atoms with Gasteiger partial charge in [0.15, 0.2) is 0 Å². The lowest BCUT2D eigenvalue weighted by molar-refractivity contribution is 0.172. The third kappa shape index (κ3) is 3.97. The number of sulfonamides is 1. The molecule has 0 bridgehead atoms. The van der Waals surface area contributed by atoms with Crippen molar-refractivity contribution < 1.29 is 13.2 Å².